The van der Waals surface area contributed by atoms with E-state index in [1.807, 2.05) is 31.2 Å². The molecule has 2 heterocycles. The summed E-state index contributed by atoms with van der Waals surface area (Å²) in [6, 6.07) is 12.2. The highest BCUT2D eigenvalue weighted by Crippen LogP contribution is 2.31. The third kappa shape index (κ3) is 5.32. The van der Waals surface area contributed by atoms with Crippen LogP contribution in [-0.2, 0) is 11.2 Å². The molecule has 1 N–H and O–H groups in total. The highest BCUT2D eigenvalue weighted by Gasteiger charge is 2.25. The summed E-state index contributed by atoms with van der Waals surface area (Å²) in [5.74, 6) is 0.929. The van der Waals surface area contributed by atoms with Crippen molar-refractivity contribution in [3.8, 4) is 0 Å². The van der Waals surface area contributed by atoms with E-state index in [9.17, 15) is 4.79 Å². The second kappa shape index (κ2) is 9.52. The molecule has 6 heteroatoms. The van der Waals surface area contributed by atoms with Crippen molar-refractivity contribution in [3.63, 3.8) is 0 Å². The predicted octanol–water partition coefficient (Wildman–Crippen LogP) is 5.19. The molecule has 0 spiro atoms. The number of benzene rings is 1. The van der Waals surface area contributed by atoms with Gasteiger partial charge in [-0.1, -0.05) is 44.2 Å². The van der Waals surface area contributed by atoms with Gasteiger partial charge in [-0.05, 0) is 49.0 Å². The Balaban J connectivity index is 1.79. The summed E-state index contributed by atoms with van der Waals surface area (Å²) in [6.45, 7) is 8.61. The number of hydrogen-bond acceptors (Lipinski definition) is 4. The fraction of sp³-hybridized carbons (Fsp3) is 0.455. The summed E-state index contributed by atoms with van der Waals surface area (Å²) in [4.78, 5) is 15.8. The molecule has 28 heavy (non-hydrogen) atoms. The van der Waals surface area contributed by atoms with Crippen molar-refractivity contribution in [2.45, 2.75) is 33.6 Å². The van der Waals surface area contributed by atoms with E-state index in [4.69, 9.17) is 17.0 Å². The Morgan fingerprint density at radius 2 is 1.93 bits per heavy atom. The molecule has 2 atom stereocenters. The Bertz CT molecular complexity index is 809. The number of piperidine rings is 1. The minimum atomic E-state index is -0.302. The Morgan fingerprint density at radius 3 is 2.57 bits per heavy atom. The minimum absolute atomic E-state index is 0.302. The predicted molar refractivity (Wildman–Crippen MR) is 120 cm³/mol. The van der Waals surface area contributed by atoms with Crippen LogP contribution in [0.5, 0.6) is 0 Å². The minimum Gasteiger partial charge on any atom is -0.462 e. The lowest BCUT2D eigenvalue weighted by molar-refractivity contribution is 0.0528. The fourth-order valence-electron chi connectivity index (χ4n) is 3.78. The zero-order valence-electron chi connectivity index (χ0n) is 16.7. The largest absolute Gasteiger partial charge is 0.462 e. The number of esters is 1. The number of anilines is 1. The van der Waals surface area contributed by atoms with Crippen LogP contribution in [0.1, 0.15) is 48.0 Å². The first kappa shape index (κ1) is 20.8. The molecule has 2 aromatic rings. The Hall–Kier alpha value is -1.92. The number of ether oxygens (including phenoxy) is 1. The molecule has 1 aliphatic rings. The second-order valence-electron chi connectivity index (χ2n) is 7.62. The summed E-state index contributed by atoms with van der Waals surface area (Å²) in [7, 11) is 0. The van der Waals surface area contributed by atoms with Gasteiger partial charge in [0.25, 0.3) is 0 Å². The van der Waals surface area contributed by atoms with Gasteiger partial charge >= 0.3 is 5.97 Å². The highest BCUT2D eigenvalue weighted by molar-refractivity contribution is 7.80. The van der Waals surface area contributed by atoms with Gasteiger partial charge in [0, 0.05) is 24.4 Å². The van der Waals surface area contributed by atoms with Crippen LogP contribution in [0.25, 0.3) is 0 Å². The summed E-state index contributed by atoms with van der Waals surface area (Å²) in [6.07, 6.45) is 2.01. The molecular weight excluding hydrogens is 388 g/mol. The zero-order valence-corrected chi connectivity index (χ0v) is 18.4. The maximum Gasteiger partial charge on any atom is 0.341 e. The summed E-state index contributed by atoms with van der Waals surface area (Å²) >= 11 is 7.26. The Labute approximate surface area is 176 Å². The van der Waals surface area contributed by atoms with Gasteiger partial charge in [0.05, 0.1) is 12.2 Å². The van der Waals surface area contributed by atoms with E-state index < -0.39 is 0 Å². The van der Waals surface area contributed by atoms with Crippen LogP contribution in [0.4, 0.5) is 5.00 Å². The lowest BCUT2D eigenvalue weighted by Gasteiger charge is -2.36. The van der Waals surface area contributed by atoms with Crippen LogP contribution in [-0.4, -0.2) is 35.7 Å². The first-order valence-corrected chi connectivity index (χ1v) is 11.1. The summed E-state index contributed by atoms with van der Waals surface area (Å²) in [5, 5.41) is 4.81. The van der Waals surface area contributed by atoms with Crippen LogP contribution >= 0.6 is 23.6 Å². The van der Waals surface area contributed by atoms with Crippen LogP contribution in [0.15, 0.2) is 36.4 Å². The number of nitrogens with zero attached hydrogens (tertiary/aromatic N) is 1. The number of rotatable bonds is 5. The molecule has 0 saturated carbocycles. The van der Waals surface area contributed by atoms with Gasteiger partial charge in [-0.3, -0.25) is 0 Å². The van der Waals surface area contributed by atoms with Gasteiger partial charge in [0.1, 0.15) is 5.00 Å². The number of thiophene rings is 1. The molecule has 1 fully saturated rings. The molecule has 0 radical (unpaired) electrons. The third-order valence-electron chi connectivity index (χ3n) is 4.88. The molecular formula is C22H28N2O2S2. The van der Waals surface area contributed by atoms with Gasteiger partial charge in [-0.15, -0.1) is 11.3 Å². The van der Waals surface area contributed by atoms with E-state index in [1.165, 1.54) is 12.0 Å². The molecule has 3 rings (SSSR count). The Morgan fingerprint density at radius 1 is 1.25 bits per heavy atom. The normalized spacial score (nSPS) is 19.3. The number of hydrogen-bond donors (Lipinski definition) is 1. The average molecular weight is 417 g/mol. The van der Waals surface area contributed by atoms with Crippen molar-refractivity contribution < 1.29 is 9.53 Å². The maximum atomic E-state index is 12.5. The standard InChI is InChI=1S/C22H28N2O2S2/c1-4-26-21(25)19-12-18(11-17-8-6-5-7-9-17)28-20(19)23-22(27)24-13-15(2)10-16(3)14-24/h5-9,12,15-16H,4,10-11,13-14H2,1-3H3,(H,23,27)/t15-,16-/m0/s1. The maximum absolute atomic E-state index is 12.5. The van der Waals surface area contributed by atoms with E-state index in [0.29, 0.717) is 29.1 Å². The molecule has 0 bridgehead atoms. The molecule has 0 amide bonds. The van der Waals surface area contributed by atoms with E-state index in [1.54, 1.807) is 11.3 Å². The molecule has 1 saturated heterocycles. The Kier molecular flexibility index (Phi) is 7.08. The number of carbonyl (C=O) groups is 1. The van der Waals surface area contributed by atoms with Gasteiger partial charge in [0.2, 0.25) is 0 Å². The second-order valence-corrected chi connectivity index (χ2v) is 9.14. The molecule has 150 valence electrons. The molecule has 1 aromatic heterocycles. The first-order valence-electron chi connectivity index (χ1n) is 9.86. The summed E-state index contributed by atoms with van der Waals surface area (Å²) in [5.41, 5.74) is 1.78. The molecule has 1 aromatic carbocycles. The van der Waals surface area contributed by atoms with Crippen LogP contribution < -0.4 is 5.32 Å². The van der Waals surface area contributed by atoms with E-state index in [0.717, 1.165) is 29.4 Å². The van der Waals surface area contributed by atoms with Crippen LogP contribution in [0.3, 0.4) is 0 Å². The van der Waals surface area contributed by atoms with Crippen molar-refractivity contribution in [3.05, 3.63) is 52.4 Å². The van der Waals surface area contributed by atoms with E-state index in [-0.39, 0.29) is 5.97 Å². The van der Waals surface area contributed by atoms with Crippen molar-refractivity contribution in [1.29, 1.82) is 0 Å². The van der Waals surface area contributed by atoms with Crippen molar-refractivity contribution in [2.75, 3.05) is 25.0 Å². The van der Waals surface area contributed by atoms with Gasteiger partial charge in [-0.25, -0.2) is 4.79 Å². The van der Waals surface area contributed by atoms with Crippen LogP contribution in [0.2, 0.25) is 0 Å². The molecule has 0 aliphatic carbocycles. The summed E-state index contributed by atoms with van der Waals surface area (Å²) < 4.78 is 5.26. The first-order chi connectivity index (χ1) is 13.5. The lowest BCUT2D eigenvalue weighted by atomic mass is 9.92. The lowest BCUT2D eigenvalue weighted by Crippen LogP contribution is -2.44. The quantitative estimate of drug-likeness (QED) is 0.537. The number of thiocarbonyl (C=S) groups is 1. The van der Waals surface area contributed by atoms with Gasteiger partial charge in [-0.2, -0.15) is 0 Å². The zero-order chi connectivity index (χ0) is 20.1. The van der Waals surface area contributed by atoms with Gasteiger partial charge in [0.15, 0.2) is 5.11 Å². The highest BCUT2D eigenvalue weighted by atomic mass is 32.1. The van der Waals surface area contributed by atoms with Gasteiger partial charge < -0.3 is 15.0 Å². The van der Waals surface area contributed by atoms with E-state index in [2.05, 4.69) is 36.2 Å². The average Bonchev–Trinajstić information content (AvgIpc) is 3.04. The smallest absolute Gasteiger partial charge is 0.341 e. The molecule has 1 aliphatic heterocycles. The molecule has 0 unspecified atom stereocenters. The van der Waals surface area contributed by atoms with Crippen LogP contribution in [0, 0.1) is 11.8 Å². The fourth-order valence-corrected chi connectivity index (χ4v) is 5.18. The topological polar surface area (TPSA) is 41.6 Å². The third-order valence-corrected chi connectivity index (χ3v) is 6.29. The van der Waals surface area contributed by atoms with Crippen molar-refractivity contribution >= 4 is 39.6 Å². The van der Waals surface area contributed by atoms with Crippen molar-refractivity contribution in [1.82, 2.24) is 4.90 Å². The monoisotopic (exact) mass is 416 g/mol. The molecule has 4 nitrogen and oxygen atoms in total. The van der Waals surface area contributed by atoms with Crippen molar-refractivity contribution in [2.24, 2.45) is 11.8 Å². The number of carbonyl (C=O) groups excluding carboxylic acids is 1. The SMILES string of the molecule is CCOC(=O)c1cc(Cc2ccccc2)sc1NC(=S)N1C[C@@H](C)C[C@H](C)C1. The van der Waals surface area contributed by atoms with E-state index >= 15 is 0 Å². The number of nitrogens with one attached hydrogen (secondary N) is 1. The number of likely N-dealkylation sites (tertiary alicyclic amines) is 1.